The molecule has 2 rings (SSSR count). The first-order valence-electron chi connectivity index (χ1n) is 7.34. The molecule has 0 bridgehead atoms. The minimum absolute atomic E-state index is 0.0743. The molecule has 0 saturated carbocycles. The standard InChI is InChI=1S/C16H17F2N3O3S/c1-25(23,24)21(11-12-3-2-7-19-10-12)8-6-16(22)20-15-5-4-13(17)9-14(15)18/h2-5,7,9-10H,6,8,11H2,1H3,(H,20,22). The van der Waals surface area contributed by atoms with Crippen molar-refractivity contribution in [1.29, 1.82) is 0 Å². The Morgan fingerprint density at radius 1 is 1.28 bits per heavy atom. The molecule has 2 aromatic rings. The third-order valence-electron chi connectivity index (χ3n) is 3.34. The van der Waals surface area contributed by atoms with Gasteiger partial charge in [-0.25, -0.2) is 17.2 Å². The fraction of sp³-hybridized carbons (Fsp3) is 0.250. The first-order chi connectivity index (χ1) is 11.8. The normalized spacial score (nSPS) is 11.5. The van der Waals surface area contributed by atoms with Crippen molar-refractivity contribution < 1.29 is 22.0 Å². The van der Waals surface area contributed by atoms with E-state index in [9.17, 15) is 22.0 Å². The topological polar surface area (TPSA) is 79.4 Å². The summed E-state index contributed by atoms with van der Waals surface area (Å²) in [6.45, 7) is -0.00671. The highest BCUT2D eigenvalue weighted by atomic mass is 32.2. The average molecular weight is 369 g/mol. The van der Waals surface area contributed by atoms with Crippen LogP contribution in [0.3, 0.4) is 0 Å². The number of hydrogen-bond acceptors (Lipinski definition) is 4. The van der Waals surface area contributed by atoms with Crippen LogP contribution in [0.5, 0.6) is 0 Å². The van der Waals surface area contributed by atoms with E-state index < -0.39 is 27.6 Å². The van der Waals surface area contributed by atoms with E-state index >= 15 is 0 Å². The molecule has 1 N–H and O–H groups in total. The van der Waals surface area contributed by atoms with Crippen molar-refractivity contribution >= 4 is 21.6 Å². The Morgan fingerprint density at radius 3 is 2.64 bits per heavy atom. The zero-order chi connectivity index (χ0) is 18.4. The molecule has 0 unspecified atom stereocenters. The predicted molar refractivity (Wildman–Crippen MR) is 89.1 cm³/mol. The number of hydrogen-bond donors (Lipinski definition) is 1. The summed E-state index contributed by atoms with van der Waals surface area (Å²) in [5.41, 5.74) is 0.516. The highest BCUT2D eigenvalue weighted by Crippen LogP contribution is 2.15. The summed E-state index contributed by atoms with van der Waals surface area (Å²) in [5.74, 6) is -2.23. The lowest BCUT2D eigenvalue weighted by atomic mass is 10.2. The van der Waals surface area contributed by atoms with Crippen LogP contribution in [-0.2, 0) is 21.4 Å². The zero-order valence-corrected chi connectivity index (χ0v) is 14.3. The van der Waals surface area contributed by atoms with Crippen LogP contribution in [0.2, 0.25) is 0 Å². The van der Waals surface area contributed by atoms with Gasteiger partial charge in [-0.2, -0.15) is 4.31 Å². The van der Waals surface area contributed by atoms with Crippen molar-refractivity contribution in [2.75, 3.05) is 18.1 Å². The molecular weight excluding hydrogens is 352 g/mol. The van der Waals surface area contributed by atoms with E-state index in [1.54, 1.807) is 18.3 Å². The second kappa shape index (κ2) is 8.13. The number of carbonyl (C=O) groups is 1. The van der Waals surface area contributed by atoms with Crippen molar-refractivity contribution in [2.24, 2.45) is 0 Å². The summed E-state index contributed by atoms with van der Waals surface area (Å²) in [4.78, 5) is 15.8. The van der Waals surface area contributed by atoms with E-state index in [-0.39, 0.29) is 25.2 Å². The number of rotatable bonds is 7. The molecule has 134 valence electrons. The first kappa shape index (κ1) is 18.9. The minimum Gasteiger partial charge on any atom is -0.324 e. The number of aromatic nitrogens is 1. The lowest BCUT2D eigenvalue weighted by Gasteiger charge is -2.19. The van der Waals surface area contributed by atoms with E-state index in [1.807, 2.05) is 0 Å². The van der Waals surface area contributed by atoms with Crippen LogP contribution in [0.25, 0.3) is 0 Å². The summed E-state index contributed by atoms with van der Waals surface area (Å²) in [6.07, 6.45) is 3.97. The molecule has 0 radical (unpaired) electrons. The smallest absolute Gasteiger partial charge is 0.225 e. The summed E-state index contributed by atoms with van der Waals surface area (Å²) >= 11 is 0. The number of sulfonamides is 1. The molecule has 6 nitrogen and oxygen atoms in total. The van der Waals surface area contributed by atoms with E-state index in [0.29, 0.717) is 11.6 Å². The highest BCUT2D eigenvalue weighted by molar-refractivity contribution is 7.88. The van der Waals surface area contributed by atoms with E-state index in [2.05, 4.69) is 10.3 Å². The van der Waals surface area contributed by atoms with E-state index in [1.165, 1.54) is 6.20 Å². The number of nitrogens with zero attached hydrogens (tertiary/aromatic N) is 2. The maximum absolute atomic E-state index is 13.5. The Labute approximate surface area is 144 Å². The van der Waals surface area contributed by atoms with Crippen LogP contribution in [-0.4, -0.2) is 36.4 Å². The molecule has 1 aromatic heterocycles. The van der Waals surface area contributed by atoms with Gasteiger partial charge in [-0.05, 0) is 23.8 Å². The number of halogens is 2. The molecule has 0 spiro atoms. The molecule has 0 aliphatic carbocycles. The Morgan fingerprint density at radius 2 is 2.04 bits per heavy atom. The van der Waals surface area contributed by atoms with Crippen molar-refractivity contribution in [1.82, 2.24) is 9.29 Å². The van der Waals surface area contributed by atoms with Gasteiger partial charge in [0.1, 0.15) is 11.6 Å². The van der Waals surface area contributed by atoms with Gasteiger partial charge in [-0.15, -0.1) is 0 Å². The van der Waals surface area contributed by atoms with Crippen LogP contribution < -0.4 is 5.32 Å². The second-order valence-corrected chi connectivity index (χ2v) is 7.36. The van der Waals surface area contributed by atoms with Gasteiger partial charge in [0.05, 0.1) is 11.9 Å². The average Bonchev–Trinajstić information content (AvgIpc) is 2.54. The fourth-order valence-corrected chi connectivity index (χ4v) is 2.89. The lowest BCUT2D eigenvalue weighted by molar-refractivity contribution is -0.116. The van der Waals surface area contributed by atoms with Crippen LogP contribution in [0.15, 0.2) is 42.7 Å². The molecule has 0 fully saturated rings. The van der Waals surface area contributed by atoms with Gasteiger partial charge in [0.25, 0.3) is 0 Å². The number of nitrogens with one attached hydrogen (secondary N) is 1. The third kappa shape index (κ3) is 5.87. The molecule has 1 heterocycles. The maximum atomic E-state index is 13.5. The molecule has 0 saturated heterocycles. The van der Waals surface area contributed by atoms with Crippen LogP contribution >= 0.6 is 0 Å². The van der Waals surface area contributed by atoms with Gasteiger partial charge in [0, 0.05) is 38.0 Å². The Hall–Kier alpha value is -2.39. The summed E-state index contributed by atoms with van der Waals surface area (Å²) in [7, 11) is -3.54. The molecule has 1 aromatic carbocycles. The Balaban J connectivity index is 1.99. The lowest BCUT2D eigenvalue weighted by Crippen LogP contribution is -2.32. The number of anilines is 1. The summed E-state index contributed by atoms with van der Waals surface area (Å²) < 4.78 is 51.2. The molecule has 0 aliphatic rings. The predicted octanol–water partition coefficient (Wildman–Crippen LogP) is 2.15. The van der Waals surface area contributed by atoms with Gasteiger partial charge in [-0.3, -0.25) is 9.78 Å². The second-order valence-electron chi connectivity index (χ2n) is 5.38. The molecule has 0 aliphatic heterocycles. The third-order valence-corrected chi connectivity index (χ3v) is 4.59. The summed E-state index contributed by atoms with van der Waals surface area (Å²) in [6, 6.07) is 6.18. The van der Waals surface area contributed by atoms with Crippen molar-refractivity contribution in [3.05, 3.63) is 59.9 Å². The van der Waals surface area contributed by atoms with Crippen molar-refractivity contribution in [2.45, 2.75) is 13.0 Å². The quantitative estimate of drug-likeness (QED) is 0.811. The largest absolute Gasteiger partial charge is 0.324 e. The number of benzene rings is 1. The van der Waals surface area contributed by atoms with E-state index in [0.717, 1.165) is 22.7 Å². The van der Waals surface area contributed by atoms with Gasteiger partial charge in [-0.1, -0.05) is 6.07 Å². The first-order valence-corrected chi connectivity index (χ1v) is 9.19. The number of amides is 1. The van der Waals surface area contributed by atoms with Gasteiger partial charge >= 0.3 is 0 Å². The van der Waals surface area contributed by atoms with E-state index in [4.69, 9.17) is 0 Å². The van der Waals surface area contributed by atoms with Gasteiger partial charge < -0.3 is 5.32 Å². The molecule has 25 heavy (non-hydrogen) atoms. The van der Waals surface area contributed by atoms with Gasteiger partial charge in [0.15, 0.2) is 0 Å². The SMILES string of the molecule is CS(=O)(=O)N(CCC(=O)Nc1ccc(F)cc1F)Cc1cccnc1. The van der Waals surface area contributed by atoms with Crippen LogP contribution in [0.1, 0.15) is 12.0 Å². The fourth-order valence-electron chi connectivity index (χ4n) is 2.09. The molecule has 9 heteroatoms. The molecule has 0 atom stereocenters. The number of pyridine rings is 1. The monoisotopic (exact) mass is 369 g/mol. The Kier molecular flexibility index (Phi) is 6.16. The highest BCUT2D eigenvalue weighted by Gasteiger charge is 2.19. The van der Waals surface area contributed by atoms with Crippen molar-refractivity contribution in [3.63, 3.8) is 0 Å². The number of carbonyl (C=O) groups excluding carboxylic acids is 1. The van der Waals surface area contributed by atoms with Gasteiger partial charge in [0.2, 0.25) is 15.9 Å². The molecular formula is C16H17F2N3O3S. The minimum atomic E-state index is -3.54. The molecule has 1 amide bonds. The Bertz CT molecular complexity index is 845. The summed E-state index contributed by atoms with van der Waals surface area (Å²) in [5, 5.41) is 2.29. The van der Waals surface area contributed by atoms with Crippen LogP contribution in [0.4, 0.5) is 14.5 Å². The maximum Gasteiger partial charge on any atom is 0.225 e. The van der Waals surface area contributed by atoms with Crippen molar-refractivity contribution in [3.8, 4) is 0 Å². The van der Waals surface area contributed by atoms with Crippen LogP contribution in [0, 0.1) is 11.6 Å². The zero-order valence-electron chi connectivity index (χ0n) is 13.4.